The van der Waals surface area contributed by atoms with Gasteiger partial charge in [-0.3, -0.25) is 4.68 Å². The third-order valence-corrected chi connectivity index (χ3v) is 4.41. The fourth-order valence-electron chi connectivity index (χ4n) is 1.28. The maximum atomic E-state index is 12.9. The monoisotopic (exact) mass is 414 g/mol. The third-order valence-electron chi connectivity index (χ3n) is 2.00. The number of aromatic nitrogens is 2. The molecule has 2 rings (SSSR count). The summed E-state index contributed by atoms with van der Waals surface area (Å²) in [4.78, 5) is 0. The van der Waals surface area contributed by atoms with Gasteiger partial charge < -0.3 is 0 Å². The molecule has 0 fully saturated rings. The summed E-state index contributed by atoms with van der Waals surface area (Å²) >= 11 is 11.2. The number of hydrogen-bond acceptors (Lipinski definition) is 1. The Labute approximate surface area is 119 Å². The van der Waals surface area contributed by atoms with Crippen LogP contribution in [0.5, 0.6) is 0 Å². The Bertz CT molecular complexity index is 510. The first-order valence-electron chi connectivity index (χ1n) is 4.38. The van der Waals surface area contributed by atoms with Crippen molar-refractivity contribution in [2.75, 3.05) is 0 Å². The molecule has 1 aromatic carbocycles. The molecule has 0 aliphatic heterocycles. The van der Waals surface area contributed by atoms with Crippen molar-refractivity contribution in [3.63, 3.8) is 0 Å². The summed E-state index contributed by atoms with van der Waals surface area (Å²) in [5.74, 6) is -0.401. The zero-order valence-electron chi connectivity index (χ0n) is 7.92. The molecule has 2 nitrogen and oxygen atoms in total. The first-order valence-corrected chi connectivity index (χ1v) is 6.63. The highest BCUT2D eigenvalue weighted by molar-refractivity contribution is 14.1. The lowest BCUT2D eigenvalue weighted by atomic mass is 10.2. The second-order valence-electron chi connectivity index (χ2n) is 3.21. The van der Waals surface area contributed by atoms with Gasteiger partial charge in [-0.15, -0.1) is 0 Å². The maximum Gasteiger partial charge on any atom is 0.141 e. The molecule has 84 valence electrons. The van der Waals surface area contributed by atoms with Gasteiger partial charge in [0.25, 0.3) is 0 Å². The second kappa shape index (κ2) is 5.01. The van der Waals surface area contributed by atoms with Gasteiger partial charge in [0.05, 0.1) is 16.0 Å². The molecule has 1 aromatic heterocycles. The van der Waals surface area contributed by atoms with E-state index in [0.717, 1.165) is 13.7 Å². The average molecular weight is 415 g/mol. The summed E-state index contributed by atoms with van der Waals surface area (Å²) < 4.78 is 16.6. The largest absolute Gasteiger partial charge is 0.266 e. The fraction of sp³-hybridized carbons (Fsp3) is 0.100. The fourth-order valence-corrected chi connectivity index (χ4v) is 2.21. The highest BCUT2D eigenvalue weighted by Crippen LogP contribution is 2.19. The Kier molecular flexibility index (Phi) is 3.86. The number of nitrogens with zero attached hydrogens (tertiary/aromatic N) is 2. The van der Waals surface area contributed by atoms with Crippen LogP contribution >= 0.6 is 50.1 Å². The number of benzene rings is 1. The predicted molar refractivity (Wildman–Crippen MR) is 73.2 cm³/mol. The van der Waals surface area contributed by atoms with Crippen molar-refractivity contribution in [2.24, 2.45) is 0 Å². The molecular formula is C10H6BrClFIN2. The molecule has 0 unspecified atom stereocenters. The summed E-state index contributed by atoms with van der Waals surface area (Å²) in [5.41, 5.74) is 0.915. The highest BCUT2D eigenvalue weighted by atomic mass is 127. The third kappa shape index (κ3) is 2.75. The van der Waals surface area contributed by atoms with Crippen LogP contribution in [-0.2, 0) is 6.54 Å². The summed E-state index contributed by atoms with van der Waals surface area (Å²) in [7, 11) is 0. The molecule has 0 amide bonds. The molecule has 0 N–H and O–H groups in total. The lowest BCUT2D eigenvalue weighted by Gasteiger charge is -2.02. The predicted octanol–water partition coefficient (Wildman–Crippen LogP) is 4.09. The topological polar surface area (TPSA) is 17.8 Å². The van der Waals surface area contributed by atoms with Gasteiger partial charge in [-0.1, -0.05) is 17.7 Å². The first-order chi connectivity index (χ1) is 7.56. The zero-order chi connectivity index (χ0) is 11.7. The van der Waals surface area contributed by atoms with Crippen LogP contribution in [0.4, 0.5) is 4.39 Å². The molecule has 0 saturated heterocycles. The SMILES string of the molecule is Fc1ccc(Cn2cc(Br)c(I)n2)cc1Cl. The quantitative estimate of drug-likeness (QED) is 0.676. The van der Waals surface area contributed by atoms with E-state index in [9.17, 15) is 4.39 Å². The minimum absolute atomic E-state index is 0.137. The summed E-state index contributed by atoms with van der Waals surface area (Å²) in [6.45, 7) is 0.571. The smallest absolute Gasteiger partial charge is 0.141 e. The Morgan fingerprint density at radius 1 is 1.50 bits per heavy atom. The molecule has 0 spiro atoms. The summed E-state index contributed by atoms with van der Waals surface area (Å²) in [5, 5.41) is 4.41. The molecule has 16 heavy (non-hydrogen) atoms. The molecule has 0 saturated carbocycles. The van der Waals surface area contributed by atoms with Gasteiger partial charge in [-0.25, -0.2) is 4.39 Å². The Morgan fingerprint density at radius 3 is 2.81 bits per heavy atom. The van der Waals surface area contributed by atoms with Crippen LogP contribution in [0.2, 0.25) is 5.02 Å². The van der Waals surface area contributed by atoms with Gasteiger partial charge >= 0.3 is 0 Å². The molecule has 6 heteroatoms. The molecular weight excluding hydrogens is 409 g/mol. The Hall–Kier alpha value is -0.140. The zero-order valence-corrected chi connectivity index (χ0v) is 12.4. The van der Waals surface area contributed by atoms with Crippen LogP contribution in [0, 0.1) is 9.52 Å². The average Bonchev–Trinajstić information content (AvgIpc) is 2.52. The van der Waals surface area contributed by atoms with E-state index in [2.05, 4.69) is 43.6 Å². The maximum absolute atomic E-state index is 12.9. The molecule has 0 aliphatic carbocycles. The van der Waals surface area contributed by atoms with Gasteiger partial charge in [0.15, 0.2) is 0 Å². The summed E-state index contributed by atoms with van der Waals surface area (Å²) in [6, 6.07) is 4.67. The van der Waals surface area contributed by atoms with E-state index >= 15 is 0 Å². The summed E-state index contributed by atoms with van der Waals surface area (Å²) in [6.07, 6.45) is 1.87. The molecule has 1 heterocycles. The Morgan fingerprint density at radius 2 is 2.25 bits per heavy atom. The normalized spacial score (nSPS) is 10.8. The van der Waals surface area contributed by atoms with Crippen molar-refractivity contribution < 1.29 is 4.39 Å². The van der Waals surface area contributed by atoms with Gasteiger partial charge in [-0.2, -0.15) is 5.10 Å². The van der Waals surface area contributed by atoms with E-state index in [-0.39, 0.29) is 5.02 Å². The van der Waals surface area contributed by atoms with E-state index in [1.54, 1.807) is 16.8 Å². The van der Waals surface area contributed by atoms with E-state index < -0.39 is 5.82 Å². The van der Waals surface area contributed by atoms with Gasteiger partial charge in [0, 0.05) is 6.20 Å². The lowest BCUT2D eigenvalue weighted by Crippen LogP contribution is -2.00. The molecule has 0 atom stereocenters. The molecule has 0 aliphatic rings. The van der Waals surface area contributed by atoms with Crippen LogP contribution in [0.3, 0.4) is 0 Å². The second-order valence-corrected chi connectivity index (χ2v) is 5.50. The van der Waals surface area contributed by atoms with Crippen molar-refractivity contribution >= 4 is 50.1 Å². The minimum atomic E-state index is -0.401. The van der Waals surface area contributed by atoms with Gasteiger partial charge in [0.1, 0.15) is 9.52 Å². The van der Waals surface area contributed by atoms with Crippen LogP contribution < -0.4 is 0 Å². The van der Waals surface area contributed by atoms with Gasteiger partial charge in [-0.05, 0) is 56.2 Å². The van der Waals surface area contributed by atoms with E-state index in [4.69, 9.17) is 11.6 Å². The first kappa shape index (κ1) is 12.3. The minimum Gasteiger partial charge on any atom is -0.266 e. The lowest BCUT2D eigenvalue weighted by molar-refractivity contribution is 0.624. The van der Waals surface area contributed by atoms with Crippen molar-refractivity contribution in [3.05, 3.63) is 49.0 Å². The van der Waals surface area contributed by atoms with Crippen molar-refractivity contribution in [1.82, 2.24) is 9.78 Å². The standard InChI is InChI=1S/C10H6BrClFIN2/c11-7-5-16(15-10(7)14)4-6-1-2-9(13)8(12)3-6/h1-3,5H,4H2. The molecule has 0 radical (unpaired) electrons. The molecule has 2 aromatic rings. The number of hydrogen-bond donors (Lipinski definition) is 0. The van der Waals surface area contributed by atoms with E-state index in [1.807, 2.05) is 6.20 Å². The van der Waals surface area contributed by atoms with Gasteiger partial charge in [0.2, 0.25) is 0 Å². The van der Waals surface area contributed by atoms with Crippen molar-refractivity contribution in [1.29, 1.82) is 0 Å². The highest BCUT2D eigenvalue weighted by Gasteiger charge is 2.05. The van der Waals surface area contributed by atoms with Crippen LogP contribution in [-0.4, -0.2) is 9.78 Å². The number of rotatable bonds is 2. The van der Waals surface area contributed by atoms with E-state index in [0.29, 0.717) is 6.54 Å². The number of halogens is 4. The Balaban J connectivity index is 2.23. The van der Waals surface area contributed by atoms with Crippen molar-refractivity contribution in [3.8, 4) is 0 Å². The molecule has 0 bridgehead atoms. The van der Waals surface area contributed by atoms with Crippen LogP contribution in [0.25, 0.3) is 0 Å². The van der Waals surface area contributed by atoms with Crippen molar-refractivity contribution in [2.45, 2.75) is 6.54 Å². The van der Waals surface area contributed by atoms with Crippen LogP contribution in [0.15, 0.2) is 28.9 Å². The van der Waals surface area contributed by atoms with Crippen LogP contribution in [0.1, 0.15) is 5.56 Å². The van der Waals surface area contributed by atoms with E-state index in [1.165, 1.54) is 6.07 Å².